The lowest BCUT2D eigenvalue weighted by Gasteiger charge is -2.03. The first-order chi connectivity index (χ1) is 15.5. The number of carbonyl (C=O) groups is 3. The summed E-state index contributed by atoms with van der Waals surface area (Å²) in [6, 6.07) is 9.08. The van der Waals surface area contributed by atoms with E-state index in [1.54, 1.807) is 13.0 Å². The van der Waals surface area contributed by atoms with Gasteiger partial charge >= 0.3 is 5.97 Å². The molecule has 1 aromatic carbocycles. The molecule has 0 saturated heterocycles. The van der Waals surface area contributed by atoms with Crippen LogP contribution in [0.25, 0.3) is 11.3 Å². The van der Waals surface area contributed by atoms with Crippen molar-refractivity contribution in [3.63, 3.8) is 0 Å². The van der Waals surface area contributed by atoms with E-state index < -0.39 is 0 Å². The van der Waals surface area contributed by atoms with Crippen LogP contribution in [0, 0.1) is 0 Å². The van der Waals surface area contributed by atoms with E-state index in [2.05, 4.69) is 20.8 Å². The second kappa shape index (κ2) is 11.2. The number of amides is 2. The molecule has 3 aromatic rings. The van der Waals surface area contributed by atoms with E-state index in [0.717, 1.165) is 16.8 Å². The average molecular weight is 457 g/mol. The highest BCUT2D eigenvalue weighted by molar-refractivity contribution is 7.14. The number of rotatable bonds is 10. The Labute approximate surface area is 189 Å². The summed E-state index contributed by atoms with van der Waals surface area (Å²) >= 11 is 1.34. The average Bonchev–Trinajstić information content (AvgIpc) is 3.44. The molecule has 0 atom stereocenters. The number of aryl methyl sites for hydroxylation is 1. The molecular weight excluding hydrogens is 432 g/mol. The lowest BCUT2D eigenvalue weighted by molar-refractivity contribution is -0.142. The molecule has 0 fully saturated rings. The fourth-order valence-corrected chi connectivity index (χ4v) is 3.64. The molecule has 32 heavy (non-hydrogen) atoms. The van der Waals surface area contributed by atoms with Crippen molar-refractivity contribution in [2.45, 2.75) is 32.6 Å². The van der Waals surface area contributed by atoms with Crippen LogP contribution in [0.1, 0.15) is 41.6 Å². The number of ether oxygens (including phenoxy) is 1. The normalized spacial score (nSPS) is 10.6. The third-order valence-corrected chi connectivity index (χ3v) is 5.26. The predicted molar refractivity (Wildman–Crippen MR) is 119 cm³/mol. The molecule has 0 unspecified atom stereocenters. The fraction of sp³-hybridized carbons (Fsp3) is 0.318. The highest BCUT2D eigenvalue weighted by Gasteiger charge is 2.12. The number of hydrogen-bond donors (Lipinski definition) is 2. The Kier molecular flexibility index (Phi) is 8.09. The number of thiazole rings is 1. The number of nitrogens with one attached hydrogen (secondary N) is 2. The van der Waals surface area contributed by atoms with Crippen molar-refractivity contribution in [2.75, 3.05) is 19.0 Å². The quantitative estimate of drug-likeness (QED) is 0.449. The van der Waals surface area contributed by atoms with Crippen LogP contribution in [-0.4, -0.2) is 41.6 Å². The van der Waals surface area contributed by atoms with Gasteiger partial charge in [-0.15, -0.1) is 11.3 Å². The topological polar surface area (TPSA) is 123 Å². The van der Waals surface area contributed by atoms with Crippen LogP contribution < -0.4 is 10.6 Å². The van der Waals surface area contributed by atoms with Crippen LogP contribution in [0.4, 0.5) is 5.13 Å². The number of benzene rings is 1. The number of anilines is 1. The summed E-state index contributed by atoms with van der Waals surface area (Å²) in [5.74, 6) is -0.166. The standard InChI is InChI=1S/C22H24N4O5S/c1-3-30-20(28)11-14-7-9-15(10-8-14)18-13-32-22(24-18)25-19(27)6-4-5-16-12-17(26-31-16)21(29)23-2/h7-10,12-13H,3-6,11H2,1-2H3,(H,23,29)(H,24,25,27). The van der Waals surface area contributed by atoms with Gasteiger partial charge in [0.05, 0.1) is 18.7 Å². The van der Waals surface area contributed by atoms with Gasteiger partial charge in [0.15, 0.2) is 10.8 Å². The Balaban J connectivity index is 1.47. The van der Waals surface area contributed by atoms with E-state index in [1.165, 1.54) is 18.4 Å². The minimum atomic E-state index is -0.314. The van der Waals surface area contributed by atoms with Gasteiger partial charge < -0.3 is 19.9 Å². The van der Waals surface area contributed by atoms with Crippen molar-refractivity contribution in [1.82, 2.24) is 15.5 Å². The molecule has 0 radical (unpaired) electrons. The maximum atomic E-state index is 12.2. The SMILES string of the molecule is CCOC(=O)Cc1ccc(-c2csc(NC(=O)CCCc3cc(C(=O)NC)no3)n2)cc1. The van der Waals surface area contributed by atoms with E-state index in [-0.39, 0.29) is 36.3 Å². The second-order valence-electron chi connectivity index (χ2n) is 6.88. The Morgan fingerprint density at radius 1 is 1.19 bits per heavy atom. The Bertz CT molecular complexity index is 1070. The van der Waals surface area contributed by atoms with Crippen LogP contribution >= 0.6 is 11.3 Å². The van der Waals surface area contributed by atoms with E-state index >= 15 is 0 Å². The van der Waals surface area contributed by atoms with Crippen LogP contribution in [0.2, 0.25) is 0 Å². The number of nitrogens with zero attached hydrogens (tertiary/aromatic N) is 2. The summed E-state index contributed by atoms with van der Waals surface area (Å²) in [5.41, 5.74) is 2.73. The highest BCUT2D eigenvalue weighted by atomic mass is 32.1. The minimum Gasteiger partial charge on any atom is -0.466 e. The molecule has 0 aliphatic heterocycles. The number of hydrogen-bond acceptors (Lipinski definition) is 8. The Hall–Kier alpha value is -3.53. The molecule has 3 rings (SSSR count). The van der Waals surface area contributed by atoms with Gasteiger partial charge in [0.1, 0.15) is 5.76 Å². The minimum absolute atomic E-state index is 0.151. The molecule has 2 heterocycles. The van der Waals surface area contributed by atoms with Crippen LogP contribution in [0.5, 0.6) is 0 Å². The third kappa shape index (κ3) is 6.48. The van der Waals surface area contributed by atoms with Gasteiger partial charge in [-0.25, -0.2) is 4.98 Å². The second-order valence-corrected chi connectivity index (χ2v) is 7.73. The number of esters is 1. The molecule has 0 aliphatic carbocycles. The van der Waals surface area contributed by atoms with Crippen molar-refractivity contribution >= 4 is 34.3 Å². The first-order valence-electron chi connectivity index (χ1n) is 10.2. The van der Waals surface area contributed by atoms with Crippen molar-refractivity contribution in [3.05, 3.63) is 52.7 Å². The number of aromatic nitrogens is 2. The first-order valence-corrected chi connectivity index (χ1v) is 11.0. The molecule has 0 saturated carbocycles. The lowest BCUT2D eigenvalue weighted by atomic mass is 10.1. The molecule has 0 bridgehead atoms. The van der Waals surface area contributed by atoms with E-state index in [0.29, 0.717) is 30.3 Å². The highest BCUT2D eigenvalue weighted by Crippen LogP contribution is 2.25. The molecular formula is C22H24N4O5S. The van der Waals surface area contributed by atoms with Crippen LogP contribution in [0.15, 0.2) is 40.2 Å². The fourth-order valence-electron chi connectivity index (χ4n) is 2.91. The zero-order chi connectivity index (χ0) is 22.9. The van der Waals surface area contributed by atoms with Gasteiger partial charge in [0.25, 0.3) is 5.91 Å². The predicted octanol–water partition coefficient (Wildman–Crippen LogP) is 3.22. The summed E-state index contributed by atoms with van der Waals surface area (Å²) in [7, 11) is 1.52. The lowest BCUT2D eigenvalue weighted by Crippen LogP contribution is -2.17. The molecule has 2 amide bonds. The van der Waals surface area contributed by atoms with Crippen LogP contribution in [-0.2, 0) is 27.2 Å². The summed E-state index contributed by atoms with van der Waals surface area (Å²) < 4.78 is 10.1. The van der Waals surface area contributed by atoms with Gasteiger partial charge in [0, 0.05) is 36.9 Å². The van der Waals surface area contributed by atoms with Gasteiger partial charge in [-0.05, 0) is 18.9 Å². The summed E-state index contributed by atoms with van der Waals surface area (Å²) in [5, 5.41) is 11.3. The monoisotopic (exact) mass is 456 g/mol. The molecule has 168 valence electrons. The Morgan fingerprint density at radius 2 is 1.97 bits per heavy atom. The number of carbonyl (C=O) groups excluding carboxylic acids is 3. The van der Waals surface area contributed by atoms with Crippen molar-refractivity contribution in [1.29, 1.82) is 0 Å². The van der Waals surface area contributed by atoms with Gasteiger partial charge in [-0.3, -0.25) is 14.4 Å². The molecule has 9 nitrogen and oxygen atoms in total. The summed E-state index contributed by atoms with van der Waals surface area (Å²) in [6.45, 7) is 2.14. The third-order valence-electron chi connectivity index (χ3n) is 4.50. The molecule has 10 heteroatoms. The first kappa shape index (κ1) is 23.1. The summed E-state index contributed by atoms with van der Waals surface area (Å²) in [6.07, 6.45) is 1.56. The largest absolute Gasteiger partial charge is 0.466 e. The van der Waals surface area contributed by atoms with E-state index in [4.69, 9.17) is 9.26 Å². The van der Waals surface area contributed by atoms with Crippen molar-refractivity contribution in [2.24, 2.45) is 0 Å². The Morgan fingerprint density at radius 3 is 2.69 bits per heavy atom. The molecule has 2 N–H and O–H groups in total. The van der Waals surface area contributed by atoms with Gasteiger partial charge in [-0.2, -0.15) is 0 Å². The van der Waals surface area contributed by atoms with Gasteiger partial charge in [0.2, 0.25) is 5.91 Å². The van der Waals surface area contributed by atoms with Gasteiger partial charge in [-0.1, -0.05) is 29.4 Å². The maximum Gasteiger partial charge on any atom is 0.310 e. The van der Waals surface area contributed by atoms with Crippen LogP contribution in [0.3, 0.4) is 0 Å². The summed E-state index contributed by atoms with van der Waals surface area (Å²) in [4.78, 5) is 39.7. The molecule has 2 aromatic heterocycles. The van der Waals surface area contributed by atoms with Crippen molar-refractivity contribution in [3.8, 4) is 11.3 Å². The molecule has 0 spiro atoms. The molecule has 0 aliphatic rings. The van der Waals surface area contributed by atoms with Crippen molar-refractivity contribution < 1.29 is 23.6 Å². The maximum absolute atomic E-state index is 12.2. The van der Waals surface area contributed by atoms with E-state index in [9.17, 15) is 14.4 Å². The smallest absolute Gasteiger partial charge is 0.310 e. The zero-order valence-corrected chi connectivity index (χ0v) is 18.7. The zero-order valence-electron chi connectivity index (χ0n) is 17.8. The van der Waals surface area contributed by atoms with E-state index in [1.807, 2.05) is 29.6 Å².